The maximum absolute atomic E-state index is 14.8. The van der Waals surface area contributed by atoms with Crippen molar-refractivity contribution in [3.05, 3.63) is 39.1 Å². The van der Waals surface area contributed by atoms with E-state index in [0.717, 1.165) is 22.0 Å². The van der Waals surface area contributed by atoms with Gasteiger partial charge in [0.25, 0.3) is 0 Å². The van der Waals surface area contributed by atoms with Crippen molar-refractivity contribution in [2.24, 2.45) is 5.92 Å². The van der Waals surface area contributed by atoms with E-state index in [-0.39, 0.29) is 17.6 Å². The fourth-order valence-electron chi connectivity index (χ4n) is 3.68. The van der Waals surface area contributed by atoms with Crippen LogP contribution in [0.5, 0.6) is 5.75 Å². The zero-order valence-electron chi connectivity index (χ0n) is 17.8. The summed E-state index contributed by atoms with van der Waals surface area (Å²) in [6.45, 7) is 14.4. The molecule has 154 valence electrons. The third kappa shape index (κ3) is 4.19. The van der Waals surface area contributed by atoms with Crippen LogP contribution in [0.25, 0.3) is 11.1 Å². The summed E-state index contributed by atoms with van der Waals surface area (Å²) in [5.41, 5.74) is 4.17. The fourth-order valence-corrected chi connectivity index (χ4v) is 4.75. The Kier molecular flexibility index (Phi) is 7.13. The van der Waals surface area contributed by atoms with Crippen molar-refractivity contribution in [3.63, 3.8) is 0 Å². The Morgan fingerprint density at radius 3 is 2.46 bits per heavy atom. The first kappa shape index (κ1) is 22.7. The molecule has 0 fully saturated rings. The molecule has 3 nitrogen and oxygen atoms in total. The smallest absolute Gasteiger partial charge is 0.367 e. The van der Waals surface area contributed by atoms with Crippen LogP contribution >= 0.6 is 15.9 Å². The lowest BCUT2D eigenvalue weighted by atomic mass is 9.70. The maximum atomic E-state index is 14.8. The van der Waals surface area contributed by atoms with Gasteiger partial charge in [0.05, 0.1) is 17.7 Å². The fraction of sp³-hybridized carbons (Fsp3) is 0.522. The Morgan fingerprint density at radius 2 is 1.93 bits per heavy atom. The monoisotopic (exact) mass is 452 g/mol. The highest BCUT2D eigenvalue weighted by atomic mass is 79.9. The molecule has 0 unspecified atom stereocenters. The second-order valence-electron chi connectivity index (χ2n) is 7.98. The second-order valence-corrected chi connectivity index (χ2v) is 8.78. The van der Waals surface area contributed by atoms with Crippen molar-refractivity contribution in [2.45, 2.75) is 60.3 Å². The topological polar surface area (TPSA) is 35.5 Å². The number of carbonyl (C=O) groups is 1. The Hall–Kier alpha value is -1.62. The molecular weight excluding hydrogens is 423 g/mol. The molecule has 0 N–H and O–H groups in total. The zero-order valence-corrected chi connectivity index (χ0v) is 19.4. The summed E-state index contributed by atoms with van der Waals surface area (Å²) < 4.78 is 26.4. The summed E-state index contributed by atoms with van der Waals surface area (Å²) in [7, 11) is 0. The van der Waals surface area contributed by atoms with E-state index in [1.54, 1.807) is 13.8 Å². The van der Waals surface area contributed by atoms with Gasteiger partial charge in [0.15, 0.2) is 0 Å². The molecule has 0 spiro atoms. The Bertz CT molecular complexity index is 835. The van der Waals surface area contributed by atoms with Crippen LogP contribution in [0.3, 0.4) is 0 Å². The highest BCUT2D eigenvalue weighted by Crippen LogP contribution is 2.50. The number of hydrogen-bond donors (Lipinski definition) is 0. The lowest BCUT2D eigenvalue weighted by molar-refractivity contribution is -0.140. The van der Waals surface area contributed by atoms with Crippen LogP contribution in [-0.2, 0) is 14.9 Å². The predicted octanol–water partition coefficient (Wildman–Crippen LogP) is 6.83. The first-order chi connectivity index (χ1) is 13.1. The number of halogens is 2. The Morgan fingerprint density at radius 1 is 1.29 bits per heavy atom. The molecule has 1 aliphatic carbocycles. The van der Waals surface area contributed by atoms with Gasteiger partial charge in [-0.3, -0.25) is 0 Å². The highest BCUT2D eigenvalue weighted by molar-refractivity contribution is 9.10. The van der Waals surface area contributed by atoms with Crippen molar-refractivity contribution in [1.29, 1.82) is 0 Å². The van der Waals surface area contributed by atoms with Gasteiger partial charge in [-0.1, -0.05) is 33.8 Å². The largest absolute Gasteiger partial charge is 0.492 e. The molecule has 0 aromatic heterocycles. The van der Waals surface area contributed by atoms with Crippen molar-refractivity contribution in [1.82, 2.24) is 0 Å². The van der Waals surface area contributed by atoms with E-state index in [2.05, 4.69) is 49.7 Å². The first-order valence-corrected chi connectivity index (χ1v) is 10.6. The quantitative estimate of drug-likeness (QED) is 0.350. The summed E-state index contributed by atoms with van der Waals surface area (Å²) >= 11 is 3.74. The van der Waals surface area contributed by atoms with Crippen LogP contribution in [0.4, 0.5) is 4.39 Å². The molecule has 0 saturated carbocycles. The summed E-state index contributed by atoms with van der Waals surface area (Å²) in [6.07, 6.45) is 3.19. The van der Waals surface area contributed by atoms with Crippen molar-refractivity contribution in [2.75, 3.05) is 13.2 Å². The average molecular weight is 453 g/mol. The third-order valence-electron chi connectivity index (χ3n) is 5.14. The SMILES string of the molecule is CCOC(=O)C(F)=C(C)c1cc2c(c(Br)c1OCC)C(C)(C)CC=C2C(C)C. The molecule has 0 amide bonds. The van der Waals surface area contributed by atoms with Crippen LogP contribution in [-0.4, -0.2) is 19.2 Å². The molecular formula is C23H30BrFO3. The van der Waals surface area contributed by atoms with E-state index in [0.29, 0.717) is 23.8 Å². The molecule has 0 bridgehead atoms. The molecule has 28 heavy (non-hydrogen) atoms. The van der Waals surface area contributed by atoms with Crippen LogP contribution in [0.15, 0.2) is 22.4 Å². The van der Waals surface area contributed by atoms with Gasteiger partial charge in [-0.15, -0.1) is 0 Å². The predicted molar refractivity (Wildman–Crippen MR) is 116 cm³/mol. The number of fused-ring (bicyclic) bond motifs is 1. The molecule has 2 rings (SSSR count). The van der Waals surface area contributed by atoms with Gasteiger partial charge in [0.2, 0.25) is 5.83 Å². The molecule has 1 aliphatic rings. The number of benzene rings is 1. The third-order valence-corrected chi connectivity index (χ3v) is 5.90. The first-order valence-electron chi connectivity index (χ1n) is 9.80. The molecule has 0 heterocycles. The van der Waals surface area contributed by atoms with Crippen molar-refractivity contribution >= 4 is 33.0 Å². The summed E-state index contributed by atoms with van der Waals surface area (Å²) in [4.78, 5) is 12.0. The summed E-state index contributed by atoms with van der Waals surface area (Å²) in [5.74, 6) is -0.945. The zero-order chi connectivity index (χ0) is 21.2. The lowest BCUT2D eigenvalue weighted by Crippen LogP contribution is -2.24. The number of ether oxygens (including phenoxy) is 2. The van der Waals surface area contributed by atoms with Crippen LogP contribution < -0.4 is 4.74 Å². The minimum absolute atomic E-state index is 0.0890. The van der Waals surface area contributed by atoms with Gasteiger partial charge >= 0.3 is 5.97 Å². The molecule has 0 saturated heterocycles. The minimum Gasteiger partial charge on any atom is -0.492 e. The number of esters is 1. The molecule has 5 heteroatoms. The summed E-state index contributed by atoms with van der Waals surface area (Å²) in [5, 5.41) is 0. The highest BCUT2D eigenvalue weighted by Gasteiger charge is 2.34. The average Bonchev–Trinajstić information content (AvgIpc) is 2.61. The van der Waals surface area contributed by atoms with E-state index in [4.69, 9.17) is 9.47 Å². The van der Waals surface area contributed by atoms with E-state index in [1.807, 2.05) is 13.0 Å². The van der Waals surface area contributed by atoms with Gasteiger partial charge in [0, 0.05) is 11.1 Å². The standard InChI is InChI=1S/C23H30BrFO3/c1-8-27-21-16(14(5)20(25)22(26)28-9-2)12-17-15(13(3)4)10-11-23(6,7)18(17)19(21)24/h10,12-13H,8-9,11H2,1-7H3. The van der Waals surface area contributed by atoms with Crippen LogP contribution in [0, 0.1) is 5.92 Å². The minimum atomic E-state index is -0.948. The molecule has 1 aromatic carbocycles. The van der Waals surface area contributed by atoms with E-state index >= 15 is 0 Å². The number of carbonyl (C=O) groups excluding carboxylic acids is 1. The normalized spacial score (nSPS) is 16.3. The second kappa shape index (κ2) is 8.81. The van der Waals surface area contributed by atoms with E-state index in [9.17, 15) is 9.18 Å². The van der Waals surface area contributed by atoms with Gasteiger partial charge in [-0.25, -0.2) is 4.79 Å². The molecule has 1 aromatic rings. The van der Waals surface area contributed by atoms with Gasteiger partial charge < -0.3 is 9.47 Å². The van der Waals surface area contributed by atoms with Gasteiger partial charge in [0.1, 0.15) is 5.75 Å². The molecule has 0 aliphatic heterocycles. The molecule has 0 atom stereocenters. The van der Waals surface area contributed by atoms with Crippen molar-refractivity contribution < 1.29 is 18.7 Å². The number of rotatable bonds is 6. The van der Waals surface area contributed by atoms with Crippen LogP contribution in [0.2, 0.25) is 0 Å². The lowest BCUT2D eigenvalue weighted by Gasteiger charge is -2.36. The van der Waals surface area contributed by atoms with Gasteiger partial charge in [-0.2, -0.15) is 4.39 Å². The van der Waals surface area contributed by atoms with Gasteiger partial charge in [-0.05, 0) is 77.2 Å². The van der Waals surface area contributed by atoms with Crippen molar-refractivity contribution in [3.8, 4) is 5.75 Å². The number of hydrogen-bond acceptors (Lipinski definition) is 3. The Balaban J connectivity index is 2.83. The van der Waals surface area contributed by atoms with Crippen LogP contribution in [0.1, 0.15) is 71.6 Å². The van der Waals surface area contributed by atoms with E-state index in [1.165, 1.54) is 5.57 Å². The van der Waals surface area contributed by atoms with E-state index < -0.39 is 11.8 Å². The summed E-state index contributed by atoms with van der Waals surface area (Å²) in [6, 6.07) is 1.96. The molecule has 0 radical (unpaired) electrons. The Labute approximate surface area is 176 Å². The number of allylic oxidation sites excluding steroid dienone is 3. The maximum Gasteiger partial charge on any atom is 0.367 e.